The summed E-state index contributed by atoms with van der Waals surface area (Å²) in [6.07, 6.45) is 8.66. The van der Waals surface area contributed by atoms with Crippen molar-refractivity contribution in [3.05, 3.63) is 60.8 Å². The number of hydrogen-bond donors (Lipinski definition) is 0. The molecule has 0 atom stereocenters. The van der Waals surface area contributed by atoms with Gasteiger partial charge in [0.15, 0.2) is 11.0 Å². The van der Waals surface area contributed by atoms with Crippen LogP contribution in [0.4, 0.5) is 0 Å². The minimum Gasteiger partial charge on any atom is -0.307 e. The second-order valence-electron chi connectivity index (χ2n) is 5.68. The zero-order chi connectivity index (χ0) is 17.1. The van der Waals surface area contributed by atoms with Crippen LogP contribution in [0.3, 0.4) is 0 Å². The first-order valence-electron chi connectivity index (χ1n) is 8.24. The van der Waals surface area contributed by atoms with Crippen LogP contribution < -0.4 is 0 Å². The maximum Gasteiger partial charge on any atom is 0.191 e. The SMILES string of the molecule is CCCn1c(SCc2cn3ccccc3n2)nnc1-c1ccncc1. The molecule has 4 aromatic rings. The Morgan fingerprint density at radius 3 is 2.76 bits per heavy atom. The van der Waals surface area contributed by atoms with Crippen molar-refractivity contribution >= 4 is 17.4 Å². The number of thioether (sulfide) groups is 1. The van der Waals surface area contributed by atoms with Gasteiger partial charge in [0, 0.05) is 42.6 Å². The van der Waals surface area contributed by atoms with E-state index in [-0.39, 0.29) is 0 Å². The van der Waals surface area contributed by atoms with E-state index in [0.717, 1.165) is 46.6 Å². The highest BCUT2D eigenvalue weighted by Crippen LogP contribution is 2.26. The molecule has 0 unspecified atom stereocenters. The fourth-order valence-corrected chi connectivity index (χ4v) is 3.58. The first kappa shape index (κ1) is 15.8. The summed E-state index contributed by atoms with van der Waals surface area (Å²) in [6, 6.07) is 9.94. The molecule has 0 fully saturated rings. The molecule has 4 rings (SSSR count). The van der Waals surface area contributed by atoms with E-state index in [4.69, 9.17) is 0 Å². The smallest absolute Gasteiger partial charge is 0.191 e. The third-order valence-corrected chi connectivity index (χ3v) is 4.87. The summed E-state index contributed by atoms with van der Waals surface area (Å²) >= 11 is 1.67. The van der Waals surface area contributed by atoms with Crippen LogP contribution >= 0.6 is 11.8 Å². The number of imidazole rings is 1. The molecule has 0 saturated carbocycles. The van der Waals surface area contributed by atoms with Gasteiger partial charge in [0.1, 0.15) is 5.65 Å². The van der Waals surface area contributed by atoms with Crippen LogP contribution in [0.1, 0.15) is 19.0 Å². The Kier molecular flexibility index (Phi) is 4.47. The third kappa shape index (κ3) is 3.28. The predicted molar refractivity (Wildman–Crippen MR) is 98.3 cm³/mol. The first-order chi connectivity index (χ1) is 12.3. The lowest BCUT2D eigenvalue weighted by Gasteiger charge is -2.08. The van der Waals surface area contributed by atoms with Crippen molar-refractivity contribution in [1.29, 1.82) is 0 Å². The fraction of sp³-hybridized carbons (Fsp3) is 0.222. The highest BCUT2D eigenvalue weighted by atomic mass is 32.2. The number of hydrogen-bond acceptors (Lipinski definition) is 5. The molecule has 7 heteroatoms. The maximum atomic E-state index is 4.64. The van der Waals surface area contributed by atoms with E-state index in [1.165, 1.54) is 0 Å². The molecular weight excluding hydrogens is 332 g/mol. The molecule has 4 heterocycles. The molecule has 0 amide bonds. The molecule has 0 aromatic carbocycles. The molecule has 0 N–H and O–H groups in total. The quantitative estimate of drug-likeness (QED) is 0.496. The van der Waals surface area contributed by atoms with Gasteiger partial charge < -0.3 is 8.97 Å². The summed E-state index contributed by atoms with van der Waals surface area (Å²) in [7, 11) is 0. The molecule has 126 valence electrons. The molecule has 0 aliphatic heterocycles. The molecule has 0 bridgehead atoms. The normalized spacial score (nSPS) is 11.2. The Labute approximate surface area is 150 Å². The maximum absolute atomic E-state index is 4.64. The van der Waals surface area contributed by atoms with Gasteiger partial charge >= 0.3 is 0 Å². The first-order valence-corrected chi connectivity index (χ1v) is 9.22. The second kappa shape index (κ2) is 7.06. The van der Waals surface area contributed by atoms with Crippen LogP contribution in [-0.2, 0) is 12.3 Å². The van der Waals surface area contributed by atoms with Crippen LogP contribution in [0.25, 0.3) is 17.0 Å². The fourth-order valence-electron chi connectivity index (χ4n) is 2.73. The van der Waals surface area contributed by atoms with Gasteiger partial charge in [0.25, 0.3) is 0 Å². The molecule has 0 saturated heterocycles. The largest absolute Gasteiger partial charge is 0.307 e. The Hall–Kier alpha value is -2.67. The van der Waals surface area contributed by atoms with Gasteiger partial charge in [-0.05, 0) is 30.7 Å². The minimum absolute atomic E-state index is 0.764. The zero-order valence-corrected chi connectivity index (χ0v) is 14.7. The lowest BCUT2D eigenvalue weighted by Crippen LogP contribution is -2.02. The number of nitrogens with zero attached hydrogens (tertiary/aromatic N) is 6. The van der Waals surface area contributed by atoms with Crippen molar-refractivity contribution in [3.63, 3.8) is 0 Å². The van der Waals surface area contributed by atoms with E-state index in [0.29, 0.717) is 0 Å². The van der Waals surface area contributed by atoms with Gasteiger partial charge in [0.2, 0.25) is 0 Å². The summed E-state index contributed by atoms with van der Waals surface area (Å²) in [6.45, 7) is 3.05. The molecular formula is C18H18N6S. The highest BCUT2D eigenvalue weighted by Gasteiger charge is 2.14. The Morgan fingerprint density at radius 2 is 1.96 bits per heavy atom. The Balaban J connectivity index is 1.58. The van der Waals surface area contributed by atoms with E-state index in [2.05, 4.69) is 37.9 Å². The lowest BCUT2D eigenvalue weighted by molar-refractivity contribution is 0.626. The summed E-state index contributed by atoms with van der Waals surface area (Å²) in [5.74, 6) is 1.65. The van der Waals surface area contributed by atoms with Crippen molar-refractivity contribution < 1.29 is 0 Å². The van der Waals surface area contributed by atoms with Crippen LogP contribution in [0.2, 0.25) is 0 Å². The van der Waals surface area contributed by atoms with Crippen LogP contribution in [-0.4, -0.2) is 29.1 Å². The van der Waals surface area contributed by atoms with Gasteiger partial charge in [-0.2, -0.15) is 0 Å². The summed E-state index contributed by atoms with van der Waals surface area (Å²) < 4.78 is 4.21. The van der Waals surface area contributed by atoms with Crippen molar-refractivity contribution in [2.45, 2.75) is 30.8 Å². The predicted octanol–water partition coefficient (Wildman–Crippen LogP) is 3.69. The van der Waals surface area contributed by atoms with Crippen molar-refractivity contribution in [3.8, 4) is 11.4 Å². The minimum atomic E-state index is 0.764. The second-order valence-corrected chi connectivity index (χ2v) is 6.62. The van der Waals surface area contributed by atoms with Gasteiger partial charge in [-0.25, -0.2) is 4.98 Å². The van der Waals surface area contributed by atoms with Crippen LogP contribution in [0.15, 0.2) is 60.3 Å². The van der Waals surface area contributed by atoms with E-state index >= 15 is 0 Å². The average molecular weight is 350 g/mol. The Bertz CT molecular complexity index is 943. The number of aromatic nitrogens is 6. The molecule has 0 radical (unpaired) electrons. The van der Waals surface area contributed by atoms with Crippen molar-refractivity contribution in [2.75, 3.05) is 0 Å². The van der Waals surface area contributed by atoms with Gasteiger partial charge in [-0.3, -0.25) is 4.98 Å². The zero-order valence-electron chi connectivity index (χ0n) is 13.9. The molecule has 4 aromatic heterocycles. The third-order valence-electron chi connectivity index (χ3n) is 3.87. The van der Waals surface area contributed by atoms with E-state index < -0.39 is 0 Å². The average Bonchev–Trinajstić information content (AvgIpc) is 3.24. The van der Waals surface area contributed by atoms with Crippen molar-refractivity contribution in [1.82, 2.24) is 29.1 Å². The van der Waals surface area contributed by atoms with Gasteiger partial charge in [-0.1, -0.05) is 24.8 Å². The standard InChI is InChI=1S/C18H18N6S/c1-2-10-24-17(14-6-8-19-9-7-14)21-22-18(24)25-13-15-12-23-11-4-3-5-16(23)20-15/h3-9,11-12H,2,10,13H2,1H3. The van der Waals surface area contributed by atoms with Gasteiger partial charge in [-0.15, -0.1) is 10.2 Å². The number of fused-ring (bicyclic) bond motifs is 1. The summed E-state index contributed by atoms with van der Waals surface area (Å²) in [5.41, 5.74) is 3.04. The van der Waals surface area contributed by atoms with Crippen molar-refractivity contribution in [2.24, 2.45) is 0 Å². The molecule has 0 spiro atoms. The lowest BCUT2D eigenvalue weighted by atomic mass is 10.2. The van der Waals surface area contributed by atoms with E-state index in [9.17, 15) is 0 Å². The van der Waals surface area contributed by atoms with Gasteiger partial charge in [0.05, 0.1) is 5.69 Å². The summed E-state index contributed by atoms with van der Waals surface area (Å²) in [5, 5.41) is 9.72. The topological polar surface area (TPSA) is 60.9 Å². The Morgan fingerprint density at radius 1 is 1.08 bits per heavy atom. The van der Waals surface area contributed by atoms with E-state index in [1.807, 2.05) is 40.9 Å². The van der Waals surface area contributed by atoms with E-state index in [1.54, 1.807) is 24.2 Å². The summed E-state index contributed by atoms with van der Waals surface area (Å²) in [4.78, 5) is 8.72. The number of pyridine rings is 2. The molecule has 0 aliphatic rings. The van der Waals surface area contributed by atoms with Crippen LogP contribution in [0, 0.1) is 0 Å². The highest BCUT2D eigenvalue weighted by molar-refractivity contribution is 7.98. The molecule has 6 nitrogen and oxygen atoms in total. The monoisotopic (exact) mass is 350 g/mol. The molecule has 0 aliphatic carbocycles. The number of rotatable bonds is 6. The molecule has 25 heavy (non-hydrogen) atoms. The van der Waals surface area contributed by atoms with Crippen LogP contribution in [0.5, 0.6) is 0 Å².